The van der Waals surface area contributed by atoms with Gasteiger partial charge in [0.25, 0.3) is 0 Å². The first-order valence-corrected chi connectivity index (χ1v) is 13.3. The van der Waals surface area contributed by atoms with E-state index >= 15 is 0 Å². The van der Waals surface area contributed by atoms with Crippen LogP contribution in [0.5, 0.6) is 0 Å². The van der Waals surface area contributed by atoms with E-state index < -0.39 is 39.3 Å². The van der Waals surface area contributed by atoms with Gasteiger partial charge in [-0.1, -0.05) is 26.0 Å². The number of nitrogens with zero attached hydrogens (tertiary/aromatic N) is 2. The first-order chi connectivity index (χ1) is 16.8. The molecule has 2 aliphatic rings. The minimum atomic E-state index is -4.50. The number of benzene rings is 2. The third-order valence-electron chi connectivity index (χ3n) is 6.83. The molecule has 6 nitrogen and oxygen atoms in total. The van der Waals surface area contributed by atoms with Gasteiger partial charge in [-0.05, 0) is 67.1 Å². The molecule has 2 heterocycles. The summed E-state index contributed by atoms with van der Waals surface area (Å²) in [5, 5.41) is 3.40. The number of sulfonamides is 1. The highest BCUT2D eigenvalue weighted by atomic mass is 32.2. The lowest BCUT2D eigenvalue weighted by Gasteiger charge is -2.44. The molecule has 0 bridgehead atoms. The molecule has 2 aromatic rings. The second kappa shape index (κ2) is 9.75. The van der Waals surface area contributed by atoms with Gasteiger partial charge in [0, 0.05) is 19.6 Å². The predicted octanol–water partition coefficient (Wildman–Crippen LogP) is 4.37. The van der Waals surface area contributed by atoms with Crippen molar-refractivity contribution in [3.05, 3.63) is 65.5 Å². The number of alkyl halides is 3. The second-order valence-electron chi connectivity index (χ2n) is 9.84. The Hall–Kier alpha value is -2.50. The highest BCUT2D eigenvalue weighted by Gasteiger charge is 2.52. The van der Waals surface area contributed by atoms with E-state index in [0.29, 0.717) is 12.0 Å². The standard InChI is InChI=1S/C25H29F4N3O3S/c1-17(2)14-22-23(33)32(16-18-4-3-5-19(15-18)25(27,28)29)24(30-22)10-12-31(13-11-24)36(34,35)21-8-6-20(26)7-9-21/h3-9,15,17,22,30H,10-14,16H2,1-2H3. The van der Waals surface area contributed by atoms with E-state index in [1.807, 2.05) is 13.8 Å². The number of amides is 1. The maximum atomic E-state index is 13.4. The molecule has 2 saturated heterocycles. The summed E-state index contributed by atoms with van der Waals surface area (Å²) >= 11 is 0. The molecule has 1 amide bonds. The number of halogens is 4. The predicted molar refractivity (Wildman–Crippen MR) is 125 cm³/mol. The molecule has 1 spiro atoms. The van der Waals surface area contributed by atoms with Crippen LogP contribution in [-0.2, 0) is 27.5 Å². The molecule has 0 aromatic heterocycles. The lowest BCUT2D eigenvalue weighted by molar-refractivity contribution is -0.137. The summed E-state index contributed by atoms with van der Waals surface area (Å²) in [7, 11) is -3.86. The van der Waals surface area contributed by atoms with E-state index in [2.05, 4.69) is 5.32 Å². The highest BCUT2D eigenvalue weighted by Crippen LogP contribution is 2.37. The quantitative estimate of drug-likeness (QED) is 0.567. The molecule has 36 heavy (non-hydrogen) atoms. The Morgan fingerprint density at radius 1 is 1.08 bits per heavy atom. The van der Waals surface area contributed by atoms with Crippen molar-refractivity contribution >= 4 is 15.9 Å². The average Bonchev–Trinajstić information content (AvgIpc) is 3.04. The molecular formula is C25H29F4N3O3S. The van der Waals surface area contributed by atoms with Crippen LogP contribution in [0, 0.1) is 11.7 Å². The minimum absolute atomic E-state index is 0.0188. The summed E-state index contributed by atoms with van der Waals surface area (Å²) in [6, 6.07) is 9.01. The molecule has 0 saturated carbocycles. The Balaban J connectivity index is 1.58. The molecule has 2 fully saturated rings. The Labute approximate surface area is 208 Å². The van der Waals surface area contributed by atoms with Gasteiger partial charge in [-0.15, -0.1) is 0 Å². The molecule has 2 aliphatic heterocycles. The van der Waals surface area contributed by atoms with Crippen molar-refractivity contribution in [3.8, 4) is 0 Å². The molecule has 1 N–H and O–H groups in total. The van der Waals surface area contributed by atoms with E-state index in [4.69, 9.17) is 0 Å². The number of piperidine rings is 1. The number of carbonyl (C=O) groups excluding carboxylic acids is 1. The van der Waals surface area contributed by atoms with Crippen molar-refractivity contribution in [2.45, 2.75) is 62.4 Å². The molecule has 0 radical (unpaired) electrons. The van der Waals surface area contributed by atoms with Crippen molar-refractivity contribution in [1.29, 1.82) is 0 Å². The molecule has 4 rings (SSSR count). The van der Waals surface area contributed by atoms with Crippen molar-refractivity contribution < 1.29 is 30.8 Å². The van der Waals surface area contributed by atoms with Gasteiger partial charge in [-0.3, -0.25) is 10.1 Å². The van der Waals surface area contributed by atoms with Crippen LogP contribution in [0.3, 0.4) is 0 Å². The number of nitrogens with one attached hydrogen (secondary N) is 1. The summed E-state index contributed by atoms with van der Waals surface area (Å²) in [5.41, 5.74) is -1.31. The topological polar surface area (TPSA) is 69.7 Å². The SMILES string of the molecule is CC(C)CC1NC2(CCN(S(=O)(=O)c3ccc(F)cc3)CC2)N(Cc2cccc(C(F)(F)F)c2)C1=O. The van der Waals surface area contributed by atoms with Gasteiger partial charge in [0.2, 0.25) is 15.9 Å². The molecule has 1 unspecified atom stereocenters. The fourth-order valence-corrected chi connectivity index (χ4v) is 6.46. The van der Waals surface area contributed by atoms with Crippen molar-refractivity contribution in [2.75, 3.05) is 13.1 Å². The second-order valence-corrected chi connectivity index (χ2v) is 11.8. The van der Waals surface area contributed by atoms with Crippen LogP contribution in [0.2, 0.25) is 0 Å². The molecular weight excluding hydrogens is 498 g/mol. The highest BCUT2D eigenvalue weighted by molar-refractivity contribution is 7.89. The van der Waals surface area contributed by atoms with Crippen molar-refractivity contribution in [2.24, 2.45) is 5.92 Å². The van der Waals surface area contributed by atoms with Crippen LogP contribution >= 0.6 is 0 Å². The number of rotatable bonds is 6. The number of hydrogen-bond donors (Lipinski definition) is 1. The lowest BCUT2D eigenvalue weighted by atomic mass is 9.96. The lowest BCUT2D eigenvalue weighted by Crippen LogP contribution is -2.59. The number of carbonyl (C=O) groups is 1. The Bertz CT molecular complexity index is 1210. The van der Waals surface area contributed by atoms with Gasteiger partial charge in [0.05, 0.1) is 22.2 Å². The van der Waals surface area contributed by atoms with E-state index in [9.17, 15) is 30.8 Å². The van der Waals surface area contributed by atoms with Crippen LogP contribution in [0.4, 0.5) is 17.6 Å². The number of hydrogen-bond acceptors (Lipinski definition) is 4. The monoisotopic (exact) mass is 527 g/mol. The first kappa shape index (κ1) is 26.6. The summed E-state index contributed by atoms with van der Waals surface area (Å²) in [4.78, 5) is 15.0. The fourth-order valence-electron chi connectivity index (χ4n) is 5.02. The zero-order valence-corrected chi connectivity index (χ0v) is 20.9. The first-order valence-electron chi connectivity index (χ1n) is 11.8. The van der Waals surface area contributed by atoms with Gasteiger partial charge in [-0.25, -0.2) is 12.8 Å². The minimum Gasteiger partial charge on any atom is -0.319 e. The summed E-state index contributed by atoms with van der Waals surface area (Å²) in [5.74, 6) is -0.534. The maximum absolute atomic E-state index is 13.4. The van der Waals surface area contributed by atoms with E-state index in [1.165, 1.54) is 22.5 Å². The smallest absolute Gasteiger partial charge is 0.319 e. The van der Waals surface area contributed by atoms with E-state index in [-0.39, 0.29) is 49.2 Å². The maximum Gasteiger partial charge on any atom is 0.416 e. The summed E-state index contributed by atoms with van der Waals surface area (Å²) in [6.07, 6.45) is -3.40. The van der Waals surface area contributed by atoms with Crippen LogP contribution < -0.4 is 5.32 Å². The summed E-state index contributed by atoms with van der Waals surface area (Å²) in [6.45, 7) is 4.15. The van der Waals surface area contributed by atoms with Gasteiger partial charge in [0.1, 0.15) is 5.82 Å². The van der Waals surface area contributed by atoms with Gasteiger partial charge < -0.3 is 4.90 Å². The zero-order chi connectivity index (χ0) is 26.3. The van der Waals surface area contributed by atoms with Crippen molar-refractivity contribution in [1.82, 2.24) is 14.5 Å². The third-order valence-corrected chi connectivity index (χ3v) is 8.74. The van der Waals surface area contributed by atoms with E-state index in [1.54, 1.807) is 11.0 Å². The van der Waals surface area contributed by atoms with E-state index in [0.717, 1.165) is 24.3 Å². The fraction of sp³-hybridized carbons (Fsp3) is 0.480. The van der Waals surface area contributed by atoms with Crippen molar-refractivity contribution in [3.63, 3.8) is 0 Å². The van der Waals surface area contributed by atoms with Crippen LogP contribution in [0.15, 0.2) is 53.4 Å². The van der Waals surface area contributed by atoms with Gasteiger partial charge in [-0.2, -0.15) is 17.5 Å². The van der Waals surface area contributed by atoms with Crippen LogP contribution in [0.1, 0.15) is 44.2 Å². The van der Waals surface area contributed by atoms with Crippen LogP contribution in [0.25, 0.3) is 0 Å². The zero-order valence-electron chi connectivity index (χ0n) is 20.1. The van der Waals surface area contributed by atoms with Gasteiger partial charge >= 0.3 is 6.18 Å². The van der Waals surface area contributed by atoms with Crippen LogP contribution in [-0.4, -0.2) is 48.3 Å². The average molecular weight is 528 g/mol. The third kappa shape index (κ3) is 5.28. The Morgan fingerprint density at radius 2 is 1.72 bits per heavy atom. The molecule has 0 aliphatic carbocycles. The Kier molecular flexibility index (Phi) is 7.20. The molecule has 2 aromatic carbocycles. The molecule has 11 heteroatoms. The molecule has 196 valence electrons. The summed E-state index contributed by atoms with van der Waals surface area (Å²) < 4.78 is 80.5. The Morgan fingerprint density at radius 3 is 2.31 bits per heavy atom. The van der Waals surface area contributed by atoms with Gasteiger partial charge in [0.15, 0.2) is 0 Å². The molecule has 1 atom stereocenters. The normalized spacial score (nSPS) is 21.0. The largest absolute Gasteiger partial charge is 0.416 e.